The van der Waals surface area contributed by atoms with Crippen LogP contribution in [0.5, 0.6) is 5.75 Å². The molecule has 0 spiro atoms. The Morgan fingerprint density at radius 1 is 1.48 bits per heavy atom. The van der Waals surface area contributed by atoms with Gasteiger partial charge >= 0.3 is 5.97 Å². The first-order valence-corrected chi connectivity index (χ1v) is 7.74. The molecule has 0 saturated heterocycles. The van der Waals surface area contributed by atoms with Crippen LogP contribution >= 0.6 is 0 Å². The van der Waals surface area contributed by atoms with Crippen LogP contribution < -0.4 is 10.5 Å². The van der Waals surface area contributed by atoms with Gasteiger partial charge in [0.25, 0.3) is 0 Å². The zero-order valence-corrected chi connectivity index (χ0v) is 13.1. The number of benzene rings is 1. The Kier molecular flexibility index (Phi) is 4.09. The first kappa shape index (κ1) is 15.6. The number of aromatic nitrogens is 2. The monoisotopic (exact) mass is 315 g/mol. The van der Waals surface area contributed by atoms with E-state index >= 15 is 0 Å². The number of rotatable bonds is 7. The highest BCUT2D eigenvalue weighted by Crippen LogP contribution is 2.56. The first-order chi connectivity index (χ1) is 11.1. The largest absolute Gasteiger partial charge is 0.497 e. The highest BCUT2D eigenvalue weighted by molar-refractivity contribution is 5.85. The number of aliphatic carboxylic acids is 1. The summed E-state index contributed by atoms with van der Waals surface area (Å²) < 4.78 is 6.99. The van der Waals surface area contributed by atoms with Crippen molar-refractivity contribution in [3.05, 3.63) is 42.5 Å². The van der Waals surface area contributed by atoms with Gasteiger partial charge in [-0.05, 0) is 56.0 Å². The molecule has 0 aliphatic heterocycles. The van der Waals surface area contributed by atoms with Gasteiger partial charge in [0.15, 0.2) is 0 Å². The molecule has 2 atom stereocenters. The number of nitrogens with zero attached hydrogens (tertiary/aromatic N) is 2. The van der Waals surface area contributed by atoms with E-state index in [2.05, 4.69) is 4.98 Å². The molecule has 0 bridgehead atoms. The minimum Gasteiger partial charge on any atom is -0.497 e. The number of hydrogen-bond acceptors (Lipinski definition) is 4. The average Bonchev–Trinajstić information content (AvgIpc) is 3.10. The van der Waals surface area contributed by atoms with Crippen molar-refractivity contribution in [3.8, 4) is 11.4 Å². The van der Waals surface area contributed by atoms with Gasteiger partial charge in [-0.1, -0.05) is 0 Å². The second-order valence-corrected chi connectivity index (χ2v) is 5.97. The van der Waals surface area contributed by atoms with Crippen molar-refractivity contribution in [1.29, 1.82) is 0 Å². The molecule has 2 unspecified atom stereocenters. The molecular weight excluding hydrogens is 294 g/mol. The van der Waals surface area contributed by atoms with Crippen LogP contribution in [0.1, 0.15) is 25.0 Å². The van der Waals surface area contributed by atoms with E-state index in [9.17, 15) is 9.90 Å². The van der Waals surface area contributed by atoms with Gasteiger partial charge in [-0.15, -0.1) is 0 Å². The van der Waals surface area contributed by atoms with Crippen molar-refractivity contribution < 1.29 is 14.6 Å². The predicted octanol–water partition coefficient (Wildman–Crippen LogP) is 1.96. The van der Waals surface area contributed by atoms with Crippen LogP contribution in [0.4, 0.5) is 0 Å². The lowest BCUT2D eigenvalue weighted by Crippen LogP contribution is -2.23. The predicted molar refractivity (Wildman–Crippen MR) is 85.8 cm³/mol. The molecule has 0 amide bonds. The molecule has 3 N–H and O–H groups in total. The fourth-order valence-electron chi connectivity index (χ4n) is 3.18. The van der Waals surface area contributed by atoms with E-state index < -0.39 is 11.4 Å². The molecule has 23 heavy (non-hydrogen) atoms. The first-order valence-electron chi connectivity index (χ1n) is 7.74. The smallest absolute Gasteiger partial charge is 0.316 e. The van der Waals surface area contributed by atoms with E-state index in [1.807, 2.05) is 35.0 Å². The van der Waals surface area contributed by atoms with Crippen LogP contribution in [0.3, 0.4) is 0 Å². The van der Waals surface area contributed by atoms with E-state index in [1.165, 1.54) is 0 Å². The highest BCUT2D eigenvalue weighted by Gasteiger charge is 2.62. The van der Waals surface area contributed by atoms with Gasteiger partial charge in [0, 0.05) is 11.9 Å². The van der Waals surface area contributed by atoms with Crippen molar-refractivity contribution in [2.45, 2.75) is 24.7 Å². The third-order valence-corrected chi connectivity index (χ3v) is 4.65. The fraction of sp³-hybridized carbons (Fsp3) is 0.412. The lowest BCUT2D eigenvalue weighted by molar-refractivity contribution is -0.140. The van der Waals surface area contributed by atoms with Crippen molar-refractivity contribution in [2.24, 2.45) is 11.7 Å². The summed E-state index contributed by atoms with van der Waals surface area (Å²) in [5, 5.41) is 9.68. The van der Waals surface area contributed by atoms with Crippen molar-refractivity contribution in [3.63, 3.8) is 0 Å². The summed E-state index contributed by atoms with van der Waals surface area (Å²) in [4.78, 5) is 16.2. The minimum atomic E-state index is -0.840. The summed E-state index contributed by atoms with van der Waals surface area (Å²) in [6, 6.07) is 7.55. The SMILES string of the molecule is COc1ccc(-n2cnc(C3(C(=O)O)CC3CCCN)c2)cc1. The van der Waals surface area contributed by atoms with Crippen LogP contribution in [0.25, 0.3) is 5.69 Å². The van der Waals surface area contributed by atoms with E-state index in [0.717, 1.165) is 24.3 Å². The molecule has 1 aromatic heterocycles. The van der Waals surface area contributed by atoms with Crippen molar-refractivity contribution in [2.75, 3.05) is 13.7 Å². The molecule has 1 saturated carbocycles. The van der Waals surface area contributed by atoms with Crippen molar-refractivity contribution >= 4 is 5.97 Å². The van der Waals surface area contributed by atoms with Gasteiger partial charge < -0.3 is 20.1 Å². The van der Waals surface area contributed by atoms with E-state index in [0.29, 0.717) is 18.7 Å². The Bertz CT molecular complexity index is 695. The van der Waals surface area contributed by atoms with Gasteiger partial charge in [-0.2, -0.15) is 0 Å². The summed E-state index contributed by atoms with van der Waals surface area (Å²) in [7, 11) is 1.62. The standard InChI is InChI=1S/C17H21N3O3/c1-23-14-6-4-13(5-7-14)20-10-15(19-11-20)17(16(21)22)9-12(17)3-2-8-18/h4-7,10-12H,2-3,8-9,18H2,1H3,(H,21,22). The number of carboxylic acid groups (broad SMARTS) is 1. The number of nitrogens with two attached hydrogens (primary N) is 1. The van der Waals surface area contributed by atoms with Crippen LogP contribution in [0.2, 0.25) is 0 Å². The summed E-state index contributed by atoms with van der Waals surface area (Å²) in [5.41, 5.74) is 6.24. The Hall–Kier alpha value is -2.34. The maximum absolute atomic E-state index is 11.8. The Balaban J connectivity index is 1.84. The number of hydrogen-bond donors (Lipinski definition) is 2. The summed E-state index contributed by atoms with van der Waals surface area (Å²) >= 11 is 0. The maximum atomic E-state index is 11.8. The van der Waals surface area contributed by atoms with Gasteiger partial charge in [0.2, 0.25) is 0 Å². The normalized spacial score (nSPS) is 22.8. The molecule has 6 nitrogen and oxygen atoms in total. The average molecular weight is 315 g/mol. The second kappa shape index (κ2) is 6.04. The molecule has 1 aliphatic carbocycles. The van der Waals surface area contributed by atoms with E-state index in [-0.39, 0.29) is 5.92 Å². The Morgan fingerprint density at radius 2 is 2.22 bits per heavy atom. The number of methoxy groups -OCH3 is 1. The van der Waals surface area contributed by atoms with E-state index in [1.54, 1.807) is 13.4 Å². The molecule has 1 fully saturated rings. The summed E-state index contributed by atoms with van der Waals surface area (Å²) in [5.74, 6) is 0.113. The summed E-state index contributed by atoms with van der Waals surface area (Å²) in [6.45, 7) is 0.590. The Labute approximate surface area is 134 Å². The molecule has 6 heteroatoms. The maximum Gasteiger partial charge on any atom is 0.316 e. The third-order valence-electron chi connectivity index (χ3n) is 4.65. The zero-order chi connectivity index (χ0) is 16.4. The zero-order valence-electron chi connectivity index (χ0n) is 13.1. The molecule has 122 valence electrons. The van der Waals surface area contributed by atoms with Crippen LogP contribution in [-0.4, -0.2) is 34.3 Å². The molecule has 2 aromatic rings. The summed E-state index contributed by atoms with van der Waals surface area (Å²) in [6.07, 6.45) is 5.80. The number of imidazole rings is 1. The van der Waals surface area contributed by atoms with Crippen LogP contribution in [-0.2, 0) is 10.2 Å². The number of carbonyl (C=O) groups is 1. The van der Waals surface area contributed by atoms with Crippen LogP contribution in [0, 0.1) is 5.92 Å². The van der Waals surface area contributed by atoms with Crippen LogP contribution in [0.15, 0.2) is 36.8 Å². The van der Waals surface area contributed by atoms with E-state index in [4.69, 9.17) is 10.5 Å². The van der Waals surface area contributed by atoms with Gasteiger partial charge in [-0.3, -0.25) is 4.79 Å². The number of ether oxygens (including phenoxy) is 1. The number of carboxylic acids is 1. The molecule has 1 heterocycles. The van der Waals surface area contributed by atoms with Crippen molar-refractivity contribution in [1.82, 2.24) is 9.55 Å². The van der Waals surface area contributed by atoms with Gasteiger partial charge in [0.05, 0.1) is 19.1 Å². The van der Waals surface area contributed by atoms with Gasteiger partial charge in [-0.25, -0.2) is 4.98 Å². The molecule has 0 radical (unpaired) electrons. The molecule has 1 aliphatic rings. The molecular formula is C17H21N3O3. The minimum absolute atomic E-state index is 0.128. The van der Waals surface area contributed by atoms with Gasteiger partial charge in [0.1, 0.15) is 11.2 Å². The quantitative estimate of drug-likeness (QED) is 0.815. The second-order valence-electron chi connectivity index (χ2n) is 5.97. The molecule has 3 rings (SSSR count). The fourth-order valence-corrected chi connectivity index (χ4v) is 3.18. The highest BCUT2D eigenvalue weighted by atomic mass is 16.5. The molecule has 1 aromatic carbocycles. The topological polar surface area (TPSA) is 90.4 Å². The lowest BCUT2D eigenvalue weighted by atomic mass is 9.98. The third kappa shape index (κ3) is 2.70. The lowest BCUT2D eigenvalue weighted by Gasteiger charge is -2.09. The Morgan fingerprint density at radius 3 is 2.83 bits per heavy atom.